The minimum Gasteiger partial charge on any atom is -0.477 e. The van der Waals surface area contributed by atoms with Gasteiger partial charge in [-0.15, -0.1) is 0 Å². The summed E-state index contributed by atoms with van der Waals surface area (Å²) in [5.74, 6) is -4.13. The van der Waals surface area contributed by atoms with E-state index >= 15 is 0 Å². The Balaban J connectivity index is 1.88. The van der Waals surface area contributed by atoms with Crippen molar-refractivity contribution in [3.05, 3.63) is 69.8 Å². The van der Waals surface area contributed by atoms with E-state index in [0.717, 1.165) is 12.1 Å². The number of nitrogens with zero attached hydrogens (tertiary/aromatic N) is 1. The molecule has 0 aliphatic carbocycles. The lowest BCUT2D eigenvalue weighted by atomic mass is 10.2. The van der Waals surface area contributed by atoms with Gasteiger partial charge in [-0.3, -0.25) is 30.6 Å². The van der Waals surface area contributed by atoms with E-state index in [9.17, 15) is 28.5 Å². The summed E-state index contributed by atoms with van der Waals surface area (Å²) in [4.78, 5) is 33.4. The van der Waals surface area contributed by atoms with Gasteiger partial charge in [0.2, 0.25) is 0 Å². The Kier molecular flexibility index (Phi) is 5.56. The van der Waals surface area contributed by atoms with Crippen molar-refractivity contribution < 1.29 is 28.0 Å². The van der Waals surface area contributed by atoms with E-state index in [4.69, 9.17) is 4.74 Å². The minimum atomic E-state index is -1.21. The van der Waals surface area contributed by atoms with Crippen LogP contribution in [0.25, 0.3) is 0 Å². The molecule has 130 valence electrons. The number of carbonyl (C=O) groups excluding carboxylic acids is 2. The molecule has 10 heteroatoms. The molecule has 0 fully saturated rings. The second-order valence-corrected chi connectivity index (χ2v) is 4.64. The van der Waals surface area contributed by atoms with Crippen LogP contribution in [-0.4, -0.2) is 23.3 Å². The van der Waals surface area contributed by atoms with Crippen LogP contribution in [0.4, 0.5) is 14.5 Å². The number of ether oxygens (including phenoxy) is 1. The number of para-hydroxylation sites is 2. The van der Waals surface area contributed by atoms with E-state index in [0.29, 0.717) is 6.07 Å². The van der Waals surface area contributed by atoms with Gasteiger partial charge < -0.3 is 4.74 Å². The molecule has 0 bridgehead atoms. The van der Waals surface area contributed by atoms with Crippen LogP contribution in [0.5, 0.6) is 5.75 Å². The van der Waals surface area contributed by atoms with Crippen LogP contribution in [0.2, 0.25) is 0 Å². The molecule has 0 unspecified atom stereocenters. The molecular weight excluding hydrogens is 340 g/mol. The van der Waals surface area contributed by atoms with Gasteiger partial charge in [-0.2, -0.15) is 0 Å². The van der Waals surface area contributed by atoms with Crippen LogP contribution in [0.15, 0.2) is 42.5 Å². The average Bonchev–Trinajstić information content (AvgIpc) is 2.60. The first-order valence-corrected chi connectivity index (χ1v) is 6.79. The van der Waals surface area contributed by atoms with Crippen molar-refractivity contribution in [3.63, 3.8) is 0 Å². The van der Waals surface area contributed by atoms with Crippen LogP contribution in [-0.2, 0) is 4.79 Å². The van der Waals surface area contributed by atoms with Crippen molar-refractivity contribution in [2.45, 2.75) is 0 Å². The summed E-state index contributed by atoms with van der Waals surface area (Å²) in [5, 5.41) is 10.8. The highest BCUT2D eigenvalue weighted by atomic mass is 19.2. The fraction of sp³-hybridized carbons (Fsp3) is 0.0667. The van der Waals surface area contributed by atoms with Gasteiger partial charge in [0, 0.05) is 11.6 Å². The molecular formula is C15H11F2N3O5. The first-order chi connectivity index (χ1) is 11.9. The van der Waals surface area contributed by atoms with Crippen molar-refractivity contribution in [1.29, 1.82) is 0 Å². The van der Waals surface area contributed by atoms with Gasteiger partial charge in [-0.1, -0.05) is 12.1 Å². The Hall–Kier alpha value is -3.56. The fourth-order valence-corrected chi connectivity index (χ4v) is 1.75. The number of halogens is 2. The predicted molar refractivity (Wildman–Crippen MR) is 80.6 cm³/mol. The van der Waals surface area contributed by atoms with Gasteiger partial charge in [-0.25, -0.2) is 8.78 Å². The lowest BCUT2D eigenvalue weighted by molar-refractivity contribution is -0.385. The molecule has 0 radical (unpaired) electrons. The summed E-state index contributed by atoms with van der Waals surface area (Å²) in [6.07, 6.45) is 0. The SMILES string of the molecule is O=C(COc1ccccc1[N+](=O)[O-])NNC(=O)c1ccc(F)c(F)c1. The standard InChI is InChI=1S/C15H11F2N3O5/c16-10-6-5-9(7-11(10)17)15(22)19-18-14(21)8-25-13-4-2-1-3-12(13)20(23)24/h1-7H,8H2,(H,18,21)(H,19,22). The zero-order chi connectivity index (χ0) is 18.4. The number of benzene rings is 2. The number of nitrogens with one attached hydrogen (secondary N) is 2. The van der Waals surface area contributed by atoms with E-state index < -0.39 is 35.0 Å². The molecule has 0 aliphatic rings. The molecule has 2 N–H and O–H groups in total. The van der Waals surface area contributed by atoms with Crippen molar-refractivity contribution >= 4 is 17.5 Å². The fourth-order valence-electron chi connectivity index (χ4n) is 1.75. The molecule has 2 amide bonds. The number of carbonyl (C=O) groups is 2. The van der Waals surface area contributed by atoms with E-state index in [2.05, 4.69) is 0 Å². The number of hydrazine groups is 1. The second kappa shape index (κ2) is 7.81. The molecule has 25 heavy (non-hydrogen) atoms. The van der Waals surface area contributed by atoms with Crippen LogP contribution < -0.4 is 15.6 Å². The van der Waals surface area contributed by atoms with E-state index in [1.54, 1.807) is 0 Å². The van der Waals surface area contributed by atoms with Gasteiger partial charge in [0.05, 0.1) is 4.92 Å². The molecule has 0 aliphatic heterocycles. The molecule has 0 saturated heterocycles. The van der Waals surface area contributed by atoms with Crippen LogP contribution in [0.3, 0.4) is 0 Å². The van der Waals surface area contributed by atoms with Crippen molar-refractivity contribution in [2.75, 3.05) is 6.61 Å². The zero-order valence-corrected chi connectivity index (χ0v) is 12.5. The Morgan fingerprint density at radius 2 is 1.80 bits per heavy atom. The first kappa shape index (κ1) is 17.8. The molecule has 2 aromatic rings. The molecule has 0 atom stereocenters. The third kappa shape index (κ3) is 4.70. The highest BCUT2D eigenvalue weighted by molar-refractivity contribution is 5.95. The summed E-state index contributed by atoms with van der Waals surface area (Å²) in [6, 6.07) is 7.91. The van der Waals surface area contributed by atoms with Gasteiger partial charge in [0.15, 0.2) is 24.0 Å². The second-order valence-electron chi connectivity index (χ2n) is 4.64. The number of hydrogen-bond donors (Lipinski definition) is 2. The normalized spacial score (nSPS) is 10.0. The number of nitro benzene ring substituents is 1. The zero-order valence-electron chi connectivity index (χ0n) is 12.5. The third-order valence-corrected chi connectivity index (χ3v) is 2.92. The van der Waals surface area contributed by atoms with E-state index in [1.165, 1.54) is 24.3 Å². The molecule has 8 nitrogen and oxygen atoms in total. The number of hydrogen-bond acceptors (Lipinski definition) is 5. The molecule has 2 rings (SSSR count). The topological polar surface area (TPSA) is 111 Å². The summed E-state index contributed by atoms with van der Waals surface area (Å²) in [5.41, 5.74) is 3.43. The summed E-state index contributed by atoms with van der Waals surface area (Å²) < 4.78 is 30.8. The van der Waals surface area contributed by atoms with Crippen LogP contribution >= 0.6 is 0 Å². The first-order valence-electron chi connectivity index (χ1n) is 6.79. The summed E-state index contributed by atoms with van der Waals surface area (Å²) in [7, 11) is 0. The Morgan fingerprint density at radius 1 is 1.08 bits per heavy atom. The summed E-state index contributed by atoms with van der Waals surface area (Å²) >= 11 is 0. The molecule has 0 aromatic heterocycles. The largest absolute Gasteiger partial charge is 0.477 e. The van der Waals surface area contributed by atoms with Gasteiger partial charge >= 0.3 is 5.69 Å². The number of amides is 2. The third-order valence-electron chi connectivity index (χ3n) is 2.92. The highest BCUT2D eigenvalue weighted by Crippen LogP contribution is 2.25. The Bertz CT molecular complexity index is 829. The van der Waals surface area contributed by atoms with Crippen LogP contribution in [0.1, 0.15) is 10.4 Å². The predicted octanol–water partition coefficient (Wildman–Crippen LogP) is 1.71. The average molecular weight is 351 g/mol. The summed E-state index contributed by atoms with van der Waals surface area (Å²) in [6.45, 7) is -0.608. The molecule has 2 aromatic carbocycles. The van der Waals surface area contributed by atoms with Gasteiger partial charge in [-0.05, 0) is 24.3 Å². The van der Waals surface area contributed by atoms with Gasteiger partial charge in [0.1, 0.15) is 0 Å². The highest BCUT2D eigenvalue weighted by Gasteiger charge is 2.15. The maximum atomic E-state index is 13.0. The van der Waals surface area contributed by atoms with Crippen molar-refractivity contribution in [3.8, 4) is 5.75 Å². The molecule has 0 heterocycles. The maximum Gasteiger partial charge on any atom is 0.310 e. The smallest absolute Gasteiger partial charge is 0.310 e. The monoisotopic (exact) mass is 351 g/mol. The number of nitro groups is 1. The minimum absolute atomic E-state index is 0.116. The quantitative estimate of drug-likeness (QED) is 0.629. The van der Waals surface area contributed by atoms with Crippen molar-refractivity contribution in [2.24, 2.45) is 0 Å². The Labute approximate surface area is 139 Å². The lowest BCUT2D eigenvalue weighted by Gasteiger charge is -2.09. The number of rotatable bonds is 5. The van der Waals surface area contributed by atoms with Crippen molar-refractivity contribution in [1.82, 2.24) is 10.9 Å². The molecule has 0 saturated carbocycles. The van der Waals surface area contributed by atoms with Gasteiger partial charge in [0.25, 0.3) is 11.8 Å². The lowest BCUT2D eigenvalue weighted by Crippen LogP contribution is -2.43. The maximum absolute atomic E-state index is 13.0. The van der Waals surface area contributed by atoms with E-state index in [-0.39, 0.29) is 17.0 Å². The van der Waals surface area contributed by atoms with Crippen LogP contribution in [0, 0.1) is 21.7 Å². The Morgan fingerprint density at radius 3 is 2.48 bits per heavy atom. The van der Waals surface area contributed by atoms with E-state index in [1.807, 2.05) is 10.9 Å². The molecule has 0 spiro atoms.